The van der Waals surface area contributed by atoms with Crippen molar-refractivity contribution in [3.05, 3.63) is 64.9 Å². The Morgan fingerprint density at radius 1 is 1.16 bits per heavy atom. The van der Waals surface area contributed by atoms with Gasteiger partial charge in [0.05, 0.1) is 11.3 Å². The highest BCUT2D eigenvalue weighted by Gasteiger charge is 2.07. The molecule has 0 fully saturated rings. The number of halogens is 1. The number of aryl methyl sites for hydroxylation is 1. The largest absolute Gasteiger partial charge is 0.487 e. The first-order valence-electron chi connectivity index (χ1n) is 6.08. The molecule has 0 bridgehead atoms. The zero-order valence-corrected chi connectivity index (χ0v) is 11.3. The van der Waals surface area contributed by atoms with Gasteiger partial charge in [-0.25, -0.2) is 0 Å². The molecule has 1 heterocycles. The number of hydrogen-bond donors (Lipinski definition) is 0. The Balaban J connectivity index is 1.84. The van der Waals surface area contributed by atoms with E-state index < -0.39 is 0 Å². The summed E-state index contributed by atoms with van der Waals surface area (Å²) in [5.74, 6) is 0.686. The molecular weight excluding hydrogens is 260 g/mol. The van der Waals surface area contributed by atoms with Crippen LogP contribution in [0, 0.1) is 6.92 Å². The van der Waals surface area contributed by atoms with Crippen molar-refractivity contribution >= 4 is 22.6 Å². The maximum absolute atomic E-state index is 6.05. The molecule has 2 aromatic carbocycles. The minimum Gasteiger partial charge on any atom is -0.487 e. The van der Waals surface area contributed by atoms with Crippen LogP contribution in [0.2, 0.25) is 5.02 Å². The van der Waals surface area contributed by atoms with Crippen LogP contribution in [0.3, 0.4) is 0 Å². The fraction of sp³-hybridized carbons (Fsp3) is 0.125. The predicted molar refractivity (Wildman–Crippen MR) is 76.7 cm³/mol. The van der Waals surface area contributed by atoms with Crippen LogP contribution < -0.4 is 4.74 Å². The Bertz CT molecular complexity index is 716. The van der Waals surface area contributed by atoms with Gasteiger partial charge in [-0.05, 0) is 30.7 Å². The van der Waals surface area contributed by atoms with Crippen LogP contribution in [0.1, 0.15) is 11.1 Å². The summed E-state index contributed by atoms with van der Waals surface area (Å²) in [5.41, 5.74) is 3.09. The third-order valence-corrected chi connectivity index (χ3v) is 3.34. The van der Waals surface area contributed by atoms with E-state index in [1.807, 2.05) is 37.3 Å². The minimum atomic E-state index is 0.444. The summed E-state index contributed by atoms with van der Waals surface area (Å²) in [7, 11) is 0. The summed E-state index contributed by atoms with van der Waals surface area (Å²) in [6, 6.07) is 13.6. The van der Waals surface area contributed by atoms with Crippen molar-refractivity contribution in [3.63, 3.8) is 0 Å². The number of fused-ring (bicyclic) bond motifs is 1. The molecule has 2 nitrogen and oxygen atoms in total. The molecule has 0 radical (unpaired) electrons. The van der Waals surface area contributed by atoms with E-state index in [0.29, 0.717) is 17.4 Å². The number of furan rings is 1. The fourth-order valence-electron chi connectivity index (χ4n) is 2.02. The van der Waals surface area contributed by atoms with Gasteiger partial charge in [0.15, 0.2) is 0 Å². The minimum absolute atomic E-state index is 0.444. The molecule has 3 rings (SSSR count). The Morgan fingerprint density at radius 3 is 2.84 bits per heavy atom. The molecule has 0 spiro atoms. The predicted octanol–water partition coefficient (Wildman–Crippen LogP) is 4.97. The second-order valence-electron chi connectivity index (χ2n) is 4.48. The van der Waals surface area contributed by atoms with Crippen molar-refractivity contribution in [2.24, 2.45) is 0 Å². The summed E-state index contributed by atoms with van der Waals surface area (Å²) < 4.78 is 11.3. The monoisotopic (exact) mass is 272 g/mol. The number of ether oxygens (including phenoxy) is 1. The lowest BCUT2D eigenvalue weighted by Crippen LogP contribution is -1.94. The third-order valence-electron chi connectivity index (χ3n) is 3.03. The van der Waals surface area contributed by atoms with Gasteiger partial charge in [-0.2, -0.15) is 0 Å². The summed E-state index contributed by atoms with van der Waals surface area (Å²) in [4.78, 5) is 0. The molecule has 3 aromatic rings. The van der Waals surface area contributed by atoms with Crippen molar-refractivity contribution in [2.75, 3.05) is 0 Å². The van der Waals surface area contributed by atoms with E-state index in [1.54, 1.807) is 6.26 Å². The summed E-state index contributed by atoms with van der Waals surface area (Å²) in [6.45, 7) is 2.49. The van der Waals surface area contributed by atoms with Gasteiger partial charge in [-0.1, -0.05) is 35.9 Å². The lowest BCUT2D eigenvalue weighted by Gasteiger charge is -2.06. The molecule has 19 heavy (non-hydrogen) atoms. The summed E-state index contributed by atoms with van der Waals surface area (Å²) in [6.07, 6.45) is 1.74. The molecule has 0 N–H and O–H groups in total. The van der Waals surface area contributed by atoms with E-state index in [-0.39, 0.29) is 0 Å². The van der Waals surface area contributed by atoms with Crippen molar-refractivity contribution in [1.29, 1.82) is 0 Å². The van der Waals surface area contributed by atoms with Crippen molar-refractivity contribution in [1.82, 2.24) is 0 Å². The average molecular weight is 273 g/mol. The van der Waals surface area contributed by atoms with Crippen LogP contribution >= 0.6 is 11.6 Å². The molecule has 3 heteroatoms. The normalized spacial score (nSPS) is 10.8. The quantitative estimate of drug-likeness (QED) is 0.671. The molecule has 0 saturated heterocycles. The van der Waals surface area contributed by atoms with Gasteiger partial charge in [-0.3, -0.25) is 0 Å². The number of rotatable bonds is 3. The van der Waals surface area contributed by atoms with Gasteiger partial charge in [0.1, 0.15) is 17.9 Å². The van der Waals surface area contributed by atoms with Gasteiger partial charge in [0.25, 0.3) is 0 Å². The van der Waals surface area contributed by atoms with Crippen LogP contribution in [-0.2, 0) is 6.61 Å². The topological polar surface area (TPSA) is 22.4 Å². The highest BCUT2D eigenvalue weighted by molar-refractivity contribution is 6.32. The highest BCUT2D eigenvalue weighted by Crippen LogP contribution is 2.27. The third kappa shape index (κ3) is 2.45. The Labute approximate surface area is 116 Å². The van der Waals surface area contributed by atoms with E-state index in [1.165, 1.54) is 5.56 Å². The molecule has 0 aliphatic heterocycles. The molecule has 0 atom stereocenters. The van der Waals surface area contributed by atoms with Crippen LogP contribution in [0.15, 0.2) is 53.1 Å². The van der Waals surface area contributed by atoms with E-state index in [2.05, 4.69) is 12.1 Å². The molecule has 0 aliphatic carbocycles. The fourth-order valence-corrected chi connectivity index (χ4v) is 2.21. The first kappa shape index (κ1) is 12.1. The molecular formula is C16H13ClO2. The van der Waals surface area contributed by atoms with Crippen LogP contribution in [0.25, 0.3) is 11.0 Å². The SMILES string of the molecule is Cc1ccc2c(COc3ccccc3Cl)coc2c1. The lowest BCUT2D eigenvalue weighted by molar-refractivity contribution is 0.306. The number of benzene rings is 2. The molecule has 0 unspecified atom stereocenters. The van der Waals surface area contributed by atoms with Gasteiger partial charge in [-0.15, -0.1) is 0 Å². The maximum atomic E-state index is 6.05. The molecule has 0 aliphatic rings. The first-order chi connectivity index (χ1) is 9.24. The smallest absolute Gasteiger partial charge is 0.138 e. The second-order valence-corrected chi connectivity index (χ2v) is 4.89. The van der Waals surface area contributed by atoms with Gasteiger partial charge < -0.3 is 9.15 Å². The standard InChI is InChI=1S/C16H13ClO2/c1-11-6-7-13-12(10-19-16(13)8-11)9-18-15-5-3-2-4-14(15)17/h2-8,10H,9H2,1H3. The summed E-state index contributed by atoms with van der Waals surface area (Å²) in [5, 5.41) is 1.70. The Kier molecular flexibility index (Phi) is 3.18. The Hall–Kier alpha value is -1.93. The zero-order valence-electron chi connectivity index (χ0n) is 10.5. The highest BCUT2D eigenvalue weighted by atomic mass is 35.5. The van der Waals surface area contributed by atoms with Crippen LogP contribution in [0.4, 0.5) is 0 Å². The number of hydrogen-bond acceptors (Lipinski definition) is 2. The van der Waals surface area contributed by atoms with E-state index in [9.17, 15) is 0 Å². The van der Waals surface area contributed by atoms with Gasteiger partial charge >= 0.3 is 0 Å². The molecule has 0 saturated carbocycles. The summed E-state index contributed by atoms with van der Waals surface area (Å²) >= 11 is 6.05. The molecule has 1 aromatic heterocycles. The average Bonchev–Trinajstić information content (AvgIpc) is 2.80. The maximum Gasteiger partial charge on any atom is 0.138 e. The van der Waals surface area contributed by atoms with Gasteiger partial charge in [0, 0.05) is 10.9 Å². The zero-order chi connectivity index (χ0) is 13.2. The van der Waals surface area contributed by atoms with E-state index >= 15 is 0 Å². The second kappa shape index (κ2) is 4.98. The van der Waals surface area contributed by atoms with Crippen molar-refractivity contribution in [3.8, 4) is 5.75 Å². The molecule has 96 valence electrons. The first-order valence-corrected chi connectivity index (χ1v) is 6.46. The van der Waals surface area contributed by atoms with Crippen LogP contribution in [0.5, 0.6) is 5.75 Å². The van der Waals surface area contributed by atoms with E-state index in [4.69, 9.17) is 20.8 Å². The lowest BCUT2D eigenvalue weighted by atomic mass is 10.1. The van der Waals surface area contributed by atoms with Gasteiger partial charge in [0.2, 0.25) is 0 Å². The van der Waals surface area contributed by atoms with E-state index in [0.717, 1.165) is 16.5 Å². The number of para-hydroxylation sites is 1. The molecule has 0 amide bonds. The van der Waals surface area contributed by atoms with Crippen molar-refractivity contribution < 1.29 is 9.15 Å². The Morgan fingerprint density at radius 2 is 2.00 bits per heavy atom. The van der Waals surface area contributed by atoms with Crippen molar-refractivity contribution in [2.45, 2.75) is 13.5 Å². The van der Waals surface area contributed by atoms with Crippen LogP contribution in [-0.4, -0.2) is 0 Å².